The number of fused-ring (bicyclic) bond motifs is 3. The summed E-state index contributed by atoms with van der Waals surface area (Å²) in [6.07, 6.45) is 3.54. The van der Waals surface area contributed by atoms with E-state index in [0.29, 0.717) is 21.8 Å². The largest absolute Gasteiger partial charge is 0.489 e. The lowest BCUT2D eigenvalue weighted by Gasteiger charge is -2.07. The van der Waals surface area contributed by atoms with Gasteiger partial charge in [-0.3, -0.25) is 4.79 Å². The molecule has 0 amide bonds. The van der Waals surface area contributed by atoms with E-state index in [4.69, 9.17) is 4.74 Å². The maximum atomic E-state index is 12.9. The van der Waals surface area contributed by atoms with Crippen molar-refractivity contribution in [2.45, 2.75) is 0 Å². The van der Waals surface area contributed by atoms with Crippen LogP contribution >= 0.6 is 27.3 Å². The van der Waals surface area contributed by atoms with E-state index in [1.54, 1.807) is 10.5 Å². The quantitative estimate of drug-likeness (QED) is 0.479. The lowest BCUT2D eigenvalue weighted by Crippen LogP contribution is -2.22. The highest BCUT2D eigenvalue weighted by molar-refractivity contribution is 9.10. The second kappa shape index (κ2) is 6.46. The van der Waals surface area contributed by atoms with E-state index in [-0.39, 0.29) is 5.56 Å². The SMILES string of the molecule is C=CCOc1ccc(Br)cc1C=c1sc2nc3ccccc3n2c1=O. The van der Waals surface area contributed by atoms with E-state index in [0.717, 1.165) is 21.1 Å². The monoisotopic (exact) mass is 412 g/mol. The molecule has 124 valence electrons. The molecule has 0 atom stereocenters. The molecule has 0 bridgehead atoms. The Kier molecular flexibility index (Phi) is 4.15. The van der Waals surface area contributed by atoms with Crippen molar-refractivity contribution in [3.8, 4) is 5.75 Å². The molecule has 25 heavy (non-hydrogen) atoms. The number of thiazole rings is 1. The number of hydrogen-bond acceptors (Lipinski definition) is 4. The fraction of sp³-hybridized carbons (Fsp3) is 0.0526. The van der Waals surface area contributed by atoms with Crippen LogP contribution in [0, 0.1) is 0 Å². The van der Waals surface area contributed by atoms with Crippen molar-refractivity contribution in [3.05, 3.63) is 80.0 Å². The Morgan fingerprint density at radius 2 is 2.12 bits per heavy atom. The van der Waals surface area contributed by atoms with Crippen molar-refractivity contribution >= 4 is 49.3 Å². The van der Waals surface area contributed by atoms with Crippen LogP contribution in [-0.2, 0) is 0 Å². The van der Waals surface area contributed by atoms with E-state index in [1.807, 2.05) is 48.5 Å². The van der Waals surface area contributed by atoms with Gasteiger partial charge >= 0.3 is 0 Å². The van der Waals surface area contributed by atoms with Gasteiger partial charge in [0.05, 0.1) is 15.6 Å². The average molecular weight is 413 g/mol. The average Bonchev–Trinajstić information content (AvgIpc) is 3.11. The van der Waals surface area contributed by atoms with Gasteiger partial charge in [0.1, 0.15) is 12.4 Å². The minimum Gasteiger partial charge on any atom is -0.489 e. The Hall–Kier alpha value is -2.44. The van der Waals surface area contributed by atoms with Gasteiger partial charge in [-0.25, -0.2) is 9.38 Å². The normalized spacial score (nSPS) is 12.1. The Labute approximate surface area is 155 Å². The highest BCUT2D eigenvalue weighted by atomic mass is 79.9. The first-order valence-electron chi connectivity index (χ1n) is 7.62. The van der Waals surface area contributed by atoms with Crippen molar-refractivity contribution in [2.24, 2.45) is 0 Å². The number of halogens is 1. The third-order valence-corrected chi connectivity index (χ3v) is 5.22. The summed E-state index contributed by atoms with van der Waals surface area (Å²) in [5.41, 5.74) is 2.43. The first-order valence-corrected chi connectivity index (χ1v) is 9.23. The van der Waals surface area contributed by atoms with Gasteiger partial charge in [-0.2, -0.15) is 0 Å². The van der Waals surface area contributed by atoms with Gasteiger partial charge in [-0.1, -0.05) is 52.1 Å². The zero-order valence-corrected chi connectivity index (χ0v) is 15.5. The number of imidazole rings is 1. The summed E-state index contributed by atoms with van der Waals surface area (Å²) in [5.74, 6) is 0.707. The zero-order valence-electron chi connectivity index (χ0n) is 13.1. The van der Waals surface area contributed by atoms with Crippen LogP contribution in [-0.4, -0.2) is 16.0 Å². The molecule has 4 nitrogen and oxygen atoms in total. The van der Waals surface area contributed by atoms with Crippen LogP contribution in [0.3, 0.4) is 0 Å². The van der Waals surface area contributed by atoms with E-state index < -0.39 is 0 Å². The van der Waals surface area contributed by atoms with Gasteiger partial charge in [0, 0.05) is 10.0 Å². The van der Waals surface area contributed by atoms with Gasteiger partial charge in [0.25, 0.3) is 5.56 Å². The topological polar surface area (TPSA) is 43.6 Å². The predicted molar refractivity (Wildman–Crippen MR) is 105 cm³/mol. The van der Waals surface area contributed by atoms with Crippen molar-refractivity contribution < 1.29 is 4.74 Å². The third kappa shape index (κ3) is 2.88. The molecule has 0 unspecified atom stereocenters. The number of rotatable bonds is 4. The van der Waals surface area contributed by atoms with Crippen LogP contribution in [0.2, 0.25) is 0 Å². The zero-order chi connectivity index (χ0) is 17.4. The molecular weight excluding hydrogens is 400 g/mol. The summed E-state index contributed by atoms with van der Waals surface area (Å²) >= 11 is 4.84. The summed E-state index contributed by atoms with van der Waals surface area (Å²) in [5, 5.41) is 0. The Morgan fingerprint density at radius 1 is 1.28 bits per heavy atom. The molecule has 0 aliphatic carbocycles. The Balaban J connectivity index is 1.93. The predicted octanol–water partition coefficient (Wildman–Crippen LogP) is 3.78. The number of aromatic nitrogens is 2. The summed E-state index contributed by atoms with van der Waals surface area (Å²) in [6, 6.07) is 13.4. The number of ether oxygens (including phenoxy) is 1. The van der Waals surface area contributed by atoms with Crippen LogP contribution in [0.5, 0.6) is 5.75 Å². The second-order valence-corrected chi connectivity index (χ2v) is 7.34. The summed E-state index contributed by atoms with van der Waals surface area (Å²) in [7, 11) is 0. The minimum absolute atomic E-state index is 0.0663. The highest BCUT2D eigenvalue weighted by Gasteiger charge is 2.11. The molecule has 0 aliphatic rings. The molecule has 0 aliphatic heterocycles. The summed E-state index contributed by atoms with van der Waals surface area (Å²) in [4.78, 5) is 18.1. The van der Waals surface area contributed by atoms with Crippen LogP contribution < -0.4 is 14.8 Å². The Morgan fingerprint density at radius 3 is 2.96 bits per heavy atom. The van der Waals surface area contributed by atoms with Crippen LogP contribution in [0.25, 0.3) is 22.1 Å². The van der Waals surface area contributed by atoms with Gasteiger partial charge in [-0.15, -0.1) is 0 Å². The minimum atomic E-state index is -0.0663. The first-order chi connectivity index (χ1) is 12.2. The number of nitrogens with zero attached hydrogens (tertiary/aromatic N) is 2. The highest BCUT2D eigenvalue weighted by Crippen LogP contribution is 2.24. The molecule has 4 aromatic rings. The van der Waals surface area contributed by atoms with Crippen molar-refractivity contribution in [1.82, 2.24) is 9.38 Å². The van der Waals surface area contributed by atoms with Gasteiger partial charge in [0.2, 0.25) is 0 Å². The maximum absolute atomic E-state index is 12.9. The van der Waals surface area contributed by atoms with E-state index in [1.165, 1.54) is 11.3 Å². The van der Waals surface area contributed by atoms with Gasteiger partial charge in [0.15, 0.2) is 4.96 Å². The number of para-hydroxylation sites is 2. The fourth-order valence-electron chi connectivity index (χ4n) is 2.67. The van der Waals surface area contributed by atoms with E-state index in [9.17, 15) is 4.79 Å². The Bertz CT molecular complexity index is 1210. The van der Waals surface area contributed by atoms with E-state index in [2.05, 4.69) is 27.5 Å². The van der Waals surface area contributed by atoms with Crippen LogP contribution in [0.1, 0.15) is 5.56 Å². The molecule has 0 N–H and O–H groups in total. The maximum Gasteiger partial charge on any atom is 0.274 e. The lowest BCUT2D eigenvalue weighted by molar-refractivity contribution is 0.362. The van der Waals surface area contributed by atoms with E-state index >= 15 is 0 Å². The molecule has 2 aromatic heterocycles. The van der Waals surface area contributed by atoms with Gasteiger partial charge in [-0.05, 0) is 36.4 Å². The molecule has 6 heteroatoms. The number of benzene rings is 2. The molecule has 2 heterocycles. The molecule has 2 aromatic carbocycles. The fourth-order valence-corrected chi connectivity index (χ4v) is 4.02. The van der Waals surface area contributed by atoms with Crippen molar-refractivity contribution in [1.29, 1.82) is 0 Å². The summed E-state index contributed by atoms with van der Waals surface area (Å²) < 4.78 is 8.89. The van der Waals surface area contributed by atoms with Crippen molar-refractivity contribution in [2.75, 3.05) is 6.61 Å². The first kappa shape index (κ1) is 16.1. The summed E-state index contributed by atoms with van der Waals surface area (Å²) in [6.45, 7) is 4.08. The molecule has 0 saturated heterocycles. The van der Waals surface area contributed by atoms with Crippen molar-refractivity contribution in [3.63, 3.8) is 0 Å². The lowest BCUT2D eigenvalue weighted by atomic mass is 10.2. The van der Waals surface area contributed by atoms with Crippen LogP contribution in [0.4, 0.5) is 0 Å². The standard InChI is InChI=1S/C19H13BrN2O2S/c1-2-9-24-16-8-7-13(20)10-12(16)11-17-18(23)22-15-6-4-3-5-14(15)21-19(22)25-17/h2-8,10-11H,1,9H2. The van der Waals surface area contributed by atoms with Gasteiger partial charge < -0.3 is 4.74 Å². The molecule has 0 saturated carbocycles. The third-order valence-electron chi connectivity index (χ3n) is 3.76. The smallest absolute Gasteiger partial charge is 0.274 e. The number of hydrogen-bond donors (Lipinski definition) is 0. The molecular formula is C19H13BrN2O2S. The second-order valence-electron chi connectivity index (χ2n) is 5.42. The molecule has 4 rings (SSSR count). The molecule has 0 spiro atoms. The van der Waals surface area contributed by atoms with Crippen LogP contribution in [0.15, 0.2) is 64.4 Å². The molecule has 0 fully saturated rings. The molecule has 0 radical (unpaired) electrons.